The first-order valence-electron chi connectivity index (χ1n) is 6.96. The van der Waals surface area contributed by atoms with Crippen LogP contribution in [0.2, 0.25) is 5.02 Å². The number of aliphatic imine (C=N–C) groups is 1. The molecule has 0 spiro atoms. The summed E-state index contributed by atoms with van der Waals surface area (Å²) in [6.45, 7) is 6.01. The van der Waals surface area contributed by atoms with Crippen molar-refractivity contribution in [2.24, 2.45) is 4.99 Å². The third kappa shape index (κ3) is 4.60. The molecule has 2 rings (SSSR count). The highest BCUT2D eigenvalue weighted by molar-refractivity contribution is 9.10. The second-order valence-corrected chi connectivity index (χ2v) is 6.09. The number of halogens is 2. The van der Waals surface area contributed by atoms with Crippen LogP contribution in [0.3, 0.4) is 0 Å². The molecule has 5 heteroatoms. The number of benzene rings is 2. The first kappa shape index (κ1) is 17.6. The molecule has 0 aliphatic heterocycles. The largest absolute Gasteiger partial charge is 0.493 e. The second kappa shape index (κ2) is 8.18. The number of nitrogens with zero attached hydrogens (tertiary/aromatic N) is 1. The Hall–Kier alpha value is -1.78. The molecule has 23 heavy (non-hydrogen) atoms. The number of ether oxygens (including phenoxy) is 2. The third-order valence-corrected chi connectivity index (χ3v) is 4.11. The van der Waals surface area contributed by atoms with Crippen molar-refractivity contribution in [1.82, 2.24) is 0 Å². The van der Waals surface area contributed by atoms with Gasteiger partial charge in [0.2, 0.25) is 0 Å². The van der Waals surface area contributed by atoms with Crippen LogP contribution in [0.1, 0.15) is 11.1 Å². The monoisotopic (exact) mass is 393 g/mol. The molecule has 2 aromatic rings. The van der Waals surface area contributed by atoms with E-state index in [9.17, 15) is 0 Å². The lowest BCUT2D eigenvalue weighted by Crippen LogP contribution is -1.98. The summed E-state index contributed by atoms with van der Waals surface area (Å²) in [7, 11) is 1.60. The number of hydrogen-bond acceptors (Lipinski definition) is 3. The van der Waals surface area contributed by atoms with Gasteiger partial charge in [0.05, 0.1) is 17.3 Å². The minimum Gasteiger partial charge on any atom is -0.493 e. The van der Waals surface area contributed by atoms with Gasteiger partial charge in [-0.05, 0) is 58.2 Å². The SMILES string of the molecule is C=CCOc1c(Br)cc(C=Nc2ccc(C)c(Cl)c2)cc1OC. The van der Waals surface area contributed by atoms with Gasteiger partial charge in [0.15, 0.2) is 11.5 Å². The lowest BCUT2D eigenvalue weighted by molar-refractivity contribution is 0.324. The number of methoxy groups -OCH3 is 1. The molecule has 0 aliphatic rings. The molecule has 0 bridgehead atoms. The van der Waals surface area contributed by atoms with Crippen molar-refractivity contribution in [2.75, 3.05) is 13.7 Å². The fourth-order valence-electron chi connectivity index (χ4n) is 1.91. The van der Waals surface area contributed by atoms with E-state index in [4.69, 9.17) is 21.1 Å². The van der Waals surface area contributed by atoms with Crippen LogP contribution in [0.5, 0.6) is 11.5 Å². The lowest BCUT2D eigenvalue weighted by atomic mass is 10.2. The minimum atomic E-state index is 0.407. The summed E-state index contributed by atoms with van der Waals surface area (Å²) in [5.41, 5.74) is 2.71. The van der Waals surface area contributed by atoms with E-state index < -0.39 is 0 Å². The van der Waals surface area contributed by atoms with Gasteiger partial charge in [-0.2, -0.15) is 0 Å². The van der Waals surface area contributed by atoms with Gasteiger partial charge in [-0.1, -0.05) is 30.3 Å². The molecule has 0 aliphatic carbocycles. The first-order valence-corrected chi connectivity index (χ1v) is 8.13. The first-order chi connectivity index (χ1) is 11.0. The van der Waals surface area contributed by atoms with Crippen molar-refractivity contribution in [3.05, 3.63) is 63.6 Å². The molecule has 2 aromatic carbocycles. The maximum atomic E-state index is 6.11. The van der Waals surface area contributed by atoms with E-state index in [1.165, 1.54) is 0 Å². The summed E-state index contributed by atoms with van der Waals surface area (Å²) in [5.74, 6) is 1.27. The number of rotatable bonds is 6. The van der Waals surface area contributed by atoms with E-state index >= 15 is 0 Å². The Kier molecular flexibility index (Phi) is 6.25. The predicted molar refractivity (Wildman–Crippen MR) is 99.8 cm³/mol. The van der Waals surface area contributed by atoms with Crippen molar-refractivity contribution >= 4 is 39.4 Å². The zero-order valence-corrected chi connectivity index (χ0v) is 15.3. The molecule has 0 aromatic heterocycles. The topological polar surface area (TPSA) is 30.8 Å². The zero-order valence-electron chi connectivity index (χ0n) is 13.0. The molecule has 120 valence electrons. The molecule has 0 heterocycles. The van der Waals surface area contributed by atoms with E-state index in [2.05, 4.69) is 27.5 Å². The molecule has 0 N–H and O–H groups in total. The molecule has 0 radical (unpaired) electrons. The van der Waals surface area contributed by atoms with Crippen molar-refractivity contribution in [1.29, 1.82) is 0 Å². The van der Waals surface area contributed by atoms with E-state index in [-0.39, 0.29) is 0 Å². The highest BCUT2D eigenvalue weighted by atomic mass is 79.9. The van der Waals surface area contributed by atoms with Crippen molar-refractivity contribution < 1.29 is 9.47 Å². The Bertz CT molecular complexity index is 744. The van der Waals surface area contributed by atoms with Crippen molar-refractivity contribution in [2.45, 2.75) is 6.92 Å². The Labute approximate surface area is 149 Å². The molecule has 0 saturated heterocycles. The molecular weight excluding hydrogens is 378 g/mol. The standard InChI is InChI=1S/C18H17BrClNO2/c1-4-7-23-18-15(19)8-13(9-17(18)22-3)11-21-14-6-5-12(2)16(20)10-14/h4-6,8-11H,1,7H2,2-3H3. The van der Waals surface area contributed by atoms with Crippen LogP contribution in [0.25, 0.3) is 0 Å². The van der Waals surface area contributed by atoms with Crippen LogP contribution in [-0.4, -0.2) is 19.9 Å². The van der Waals surface area contributed by atoms with Gasteiger partial charge >= 0.3 is 0 Å². The van der Waals surface area contributed by atoms with Crippen LogP contribution >= 0.6 is 27.5 Å². The molecule has 3 nitrogen and oxygen atoms in total. The van der Waals surface area contributed by atoms with Gasteiger partial charge in [-0.15, -0.1) is 0 Å². The van der Waals surface area contributed by atoms with Gasteiger partial charge in [0.1, 0.15) is 6.61 Å². The smallest absolute Gasteiger partial charge is 0.175 e. The van der Waals surface area contributed by atoms with E-state index in [1.807, 2.05) is 37.3 Å². The normalized spacial score (nSPS) is 10.8. The van der Waals surface area contributed by atoms with Crippen LogP contribution in [0.4, 0.5) is 5.69 Å². The molecule has 0 unspecified atom stereocenters. The molecule has 0 atom stereocenters. The zero-order chi connectivity index (χ0) is 16.8. The predicted octanol–water partition coefficient (Wildman–Crippen LogP) is 5.73. The average molecular weight is 395 g/mol. The molecule has 0 saturated carbocycles. The summed E-state index contributed by atoms with van der Waals surface area (Å²) in [6, 6.07) is 9.48. The number of aryl methyl sites for hydroxylation is 1. The summed E-state index contributed by atoms with van der Waals surface area (Å²) in [6.07, 6.45) is 3.44. The van der Waals surface area contributed by atoms with E-state index in [0.29, 0.717) is 23.1 Å². The number of hydrogen-bond donors (Lipinski definition) is 0. The molecular formula is C18H17BrClNO2. The minimum absolute atomic E-state index is 0.407. The van der Waals surface area contributed by atoms with Crippen LogP contribution < -0.4 is 9.47 Å². The maximum Gasteiger partial charge on any atom is 0.175 e. The average Bonchev–Trinajstić information content (AvgIpc) is 2.54. The maximum absolute atomic E-state index is 6.11. The van der Waals surface area contributed by atoms with Crippen LogP contribution in [0.15, 0.2) is 52.5 Å². The summed E-state index contributed by atoms with van der Waals surface area (Å²) >= 11 is 9.61. The van der Waals surface area contributed by atoms with Gasteiger partial charge < -0.3 is 9.47 Å². The Morgan fingerprint density at radius 1 is 1.30 bits per heavy atom. The molecule has 0 amide bonds. The Balaban J connectivity index is 2.29. The van der Waals surface area contributed by atoms with Gasteiger partial charge in [-0.25, -0.2) is 0 Å². The lowest BCUT2D eigenvalue weighted by Gasteiger charge is -2.12. The van der Waals surface area contributed by atoms with Crippen molar-refractivity contribution in [3.8, 4) is 11.5 Å². The summed E-state index contributed by atoms with van der Waals surface area (Å²) in [5, 5.41) is 0.701. The van der Waals surface area contributed by atoms with E-state index in [1.54, 1.807) is 19.4 Å². The van der Waals surface area contributed by atoms with Crippen LogP contribution in [-0.2, 0) is 0 Å². The quantitative estimate of drug-likeness (QED) is 0.462. The summed E-state index contributed by atoms with van der Waals surface area (Å²) < 4.78 is 11.8. The van der Waals surface area contributed by atoms with Crippen LogP contribution in [0, 0.1) is 6.92 Å². The Morgan fingerprint density at radius 2 is 2.09 bits per heavy atom. The fourth-order valence-corrected chi connectivity index (χ4v) is 2.66. The van der Waals surface area contributed by atoms with Crippen molar-refractivity contribution in [3.63, 3.8) is 0 Å². The summed E-state index contributed by atoms with van der Waals surface area (Å²) in [4.78, 5) is 4.44. The second-order valence-electron chi connectivity index (χ2n) is 4.83. The van der Waals surface area contributed by atoms with Gasteiger partial charge in [0, 0.05) is 11.2 Å². The Morgan fingerprint density at radius 3 is 2.74 bits per heavy atom. The third-order valence-electron chi connectivity index (χ3n) is 3.12. The fraction of sp³-hybridized carbons (Fsp3) is 0.167. The highest BCUT2D eigenvalue weighted by Crippen LogP contribution is 2.36. The van der Waals surface area contributed by atoms with Gasteiger partial charge in [0.25, 0.3) is 0 Å². The van der Waals surface area contributed by atoms with E-state index in [0.717, 1.165) is 21.3 Å². The van der Waals surface area contributed by atoms with Gasteiger partial charge in [-0.3, -0.25) is 4.99 Å². The highest BCUT2D eigenvalue weighted by Gasteiger charge is 2.10. The molecule has 0 fully saturated rings.